The van der Waals surface area contributed by atoms with Crippen LogP contribution in [0.25, 0.3) is 0 Å². The van der Waals surface area contributed by atoms with E-state index in [-0.39, 0.29) is 5.69 Å². The summed E-state index contributed by atoms with van der Waals surface area (Å²) in [6.07, 6.45) is 0. The van der Waals surface area contributed by atoms with E-state index in [0.29, 0.717) is 17.1 Å². The summed E-state index contributed by atoms with van der Waals surface area (Å²) in [5.74, 6) is 0.212. The number of hydrogen-bond acceptors (Lipinski definition) is 5. The van der Waals surface area contributed by atoms with Crippen LogP contribution in [0, 0.1) is 11.3 Å². The molecule has 6 nitrogen and oxygen atoms in total. The molecule has 0 saturated carbocycles. The van der Waals surface area contributed by atoms with E-state index in [9.17, 15) is 4.79 Å². The monoisotopic (exact) mass is 329 g/mol. The molecule has 1 heterocycles. The van der Waals surface area contributed by atoms with Crippen LogP contribution in [0.5, 0.6) is 0 Å². The highest BCUT2D eigenvalue weighted by molar-refractivity contribution is 6.03. The topological polar surface area (TPSA) is 81.9 Å². The van der Waals surface area contributed by atoms with Crippen LogP contribution in [0.1, 0.15) is 16.1 Å². The normalized spacial score (nSPS) is 9.92. The van der Waals surface area contributed by atoms with Crippen molar-refractivity contribution < 1.29 is 4.79 Å². The predicted octanol–water partition coefficient (Wildman–Crippen LogP) is 3.37. The Labute approximate surface area is 145 Å². The van der Waals surface area contributed by atoms with Crippen molar-refractivity contribution in [3.63, 3.8) is 0 Å². The van der Waals surface area contributed by atoms with E-state index in [1.165, 1.54) is 0 Å². The van der Waals surface area contributed by atoms with Crippen molar-refractivity contribution in [1.82, 2.24) is 10.2 Å². The molecule has 0 unspecified atom stereocenters. The highest BCUT2D eigenvalue weighted by Crippen LogP contribution is 2.20. The fourth-order valence-corrected chi connectivity index (χ4v) is 2.29. The largest absolute Gasteiger partial charge is 0.328 e. The minimum atomic E-state index is -0.413. The third kappa shape index (κ3) is 3.62. The van der Waals surface area contributed by atoms with Crippen LogP contribution >= 0.6 is 0 Å². The van der Waals surface area contributed by atoms with Gasteiger partial charge in [-0.1, -0.05) is 30.3 Å². The molecule has 25 heavy (non-hydrogen) atoms. The fraction of sp³-hybridized carbons (Fsp3) is 0.0526. The minimum Gasteiger partial charge on any atom is -0.328 e. The van der Waals surface area contributed by atoms with E-state index in [1.54, 1.807) is 36.4 Å². The van der Waals surface area contributed by atoms with E-state index in [0.717, 1.165) is 5.69 Å². The van der Waals surface area contributed by atoms with Crippen molar-refractivity contribution in [2.75, 3.05) is 17.3 Å². The number of nitriles is 1. The lowest BCUT2D eigenvalue weighted by atomic mass is 10.2. The number of anilines is 3. The van der Waals surface area contributed by atoms with Gasteiger partial charge in [0.15, 0.2) is 11.5 Å². The molecule has 0 bridgehead atoms. The molecule has 3 rings (SSSR count). The lowest BCUT2D eigenvalue weighted by molar-refractivity contribution is 0.102. The van der Waals surface area contributed by atoms with Gasteiger partial charge < -0.3 is 10.2 Å². The highest BCUT2D eigenvalue weighted by Gasteiger charge is 2.12. The second kappa shape index (κ2) is 7.23. The maximum absolute atomic E-state index is 12.3. The van der Waals surface area contributed by atoms with Gasteiger partial charge in [-0.2, -0.15) is 5.26 Å². The molecular formula is C19H15N5O. The first-order valence-corrected chi connectivity index (χ1v) is 7.62. The smallest absolute Gasteiger partial charge is 0.276 e. The standard InChI is InChI=1S/C19H15N5O/c1-24(15-8-3-2-4-9-15)18-12-11-17(22-23-18)19(25)21-16-10-6-5-7-14(16)13-20/h2-12H,1H3,(H,21,25). The Morgan fingerprint density at radius 3 is 2.40 bits per heavy atom. The van der Waals surface area contributed by atoms with Gasteiger partial charge in [0, 0.05) is 12.7 Å². The van der Waals surface area contributed by atoms with Crippen LogP contribution in [0.15, 0.2) is 66.7 Å². The molecule has 0 spiro atoms. The summed E-state index contributed by atoms with van der Waals surface area (Å²) < 4.78 is 0. The van der Waals surface area contributed by atoms with Crippen LogP contribution in [0.2, 0.25) is 0 Å². The fourth-order valence-electron chi connectivity index (χ4n) is 2.29. The van der Waals surface area contributed by atoms with Gasteiger partial charge >= 0.3 is 0 Å². The molecule has 122 valence electrons. The molecule has 0 atom stereocenters. The number of carbonyl (C=O) groups is 1. The zero-order valence-corrected chi connectivity index (χ0v) is 13.5. The Morgan fingerprint density at radius 2 is 1.72 bits per heavy atom. The lowest BCUT2D eigenvalue weighted by Gasteiger charge is -2.17. The van der Waals surface area contributed by atoms with Gasteiger partial charge in [0.05, 0.1) is 11.3 Å². The zero-order chi connectivity index (χ0) is 17.6. The molecule has 0 aliphatic heterocycles. The van der Waals surface area contributed by atoms with Crippen LogP contribution < -0.4 is 10.2 Å². The van der Waals surface area contributed by atoms with Gasteiger partial charge in [-0.05, 0) is 36.4 Å². The number of nitrogens with zero attached hydrogens (tertiary/aromatic N) is 4. The van der Waals surface area contributed by atoms with Crippen LogP contribution in [0.4, 0.5) is 17.2 Å². The first-order valence-electron chi connectivity index (χ1n) is 7.62. The van der Waals surface area contributed by atoms with E-state index in [2.05, 4.69) is 15.5 Å². The molecule has 1 amide bonds. The second-order valence-corrected chi connectivity index (χ2v) is 5.28. The van der Waals surface area contributed by atoms with E-state index >= 15 is 0 Å². The average molecular weight is 329 g/mol. The number of amides is 1. The first kappa shape index (κ1) is 16.1. The van der Waals surface area contributed by atoms with Crippen molar-refractivity contribution in [3.8, 4) is 6.07 Å². The zero-order valence-electron chi connectivity index (χ0n) is 13.5. The van der Waals surface area contributed by atoms with Crippen molar-refractivity contribution in [3.05, 3.63) is 78.0 Å². The van der Waals surface area contributed by atoms with Crippen molar-refractivity contribution in [2.45, 2.75) is 0 Å². The Bertz CT molecular complexity index is 917. The summed E-state index contributed by atoms with van der Waals surface area (Å²) in [4.78, 5) is 14.2. The first-order chi connectivity index (χ1) is 12.2. The molecule has 2 aromatic carbocycles. The van der Waals surface area contributed by atoms with E-state index in [4.69, 9.17) is 5.26 Å². The molecule has 1 N–H and O–H groups in total. The van der Waals surface area contributed by atoms with Crippen molar-refractivity contribution >= 4 is 23.1 Å². The average Bonchev–Trinajstić information content (AvgIpc) is 2.68. The number of benzene rings is 2. The van der Waals surface area contributed by atoms with Gasteiger partial charge in [0.25, 0.3) is 5.91 Å². The number of rotatable bonds is 4. The molecule has 0 aliphatic carbocycles. The number of carbonyl (C=O) groups excluding carboxylic acids is 1. The third-order valence-corrected chi connectivity index (χ3v) is 3.67. The molecule has 1 aromatic heterocycles. The second-order valence-electron chi connectivity index (χ2n) is 5.28. The molecule has 3 aromatic rings. The molecule has 0 fully saturated rings. The Morgan fingerprint density at radius 1 is 1.00 bits per heavy atom. The van der Waals surface area contributed by atoms with Crippen LogP contribution in [0.3, 0.4) is 0 Å². The number of hydrogen-bond donors (Lipinski definition) is 1. The summed E-state index contributed by atoms with van der Waals surface area (Å²) in [7, 11) is 1.88. The Balaban J connectivity index is 1.76. The van der Waals surface area contributed by atoms with Gasteiger partial charge in [0.1, 0.15) is 6.07 Å². The van der Waals surface area contributed by atoms with Crippen molar-refractivity contribution in [1.29, 1.82) is 5.26 Å². The number of aromatic nitrogens is 2. The summed E-state index contributed by atoms with van der Waals surface area (Å²) in [5.41, 5.74) is 1.99. The van der Waals surface area contributed by atoms with Crippen LogP contribution in [-0.2, 0) is 0 Å². The van der Waals surface area contributed by atoms with Crippen molar-refractivity contribution in [2.24, 2.45) is 0 Å². The van der Waals surface area contributed by atoms with E-state index in [1.807, 2.05) is 48.3 Å². The number of nitrogens with one attached hydrogen (secondary N) is 1. The Kier molecular flexibility index (Phi) is 4.67. The molecular weight excluding hydrogens is 314 g/mol. The number of para-hydroxylation sites is 2. The molecule has 0 aliphatic rings. The Hall–Kier alpha value is -3.72. The molecule has 6 heteroatoms. The maximum atomic E-state index is 12.3. The lowest BCUT2D eigenvalue weighted by Crippen LogP contribution is -2.17. The predicted molar refractivity (Wildman–Crippen MR) is 95.6 cm³/mol. The summed E-state index contributed by atoms with van der Waals surface area (Å²) in [6, 6.07) is 21.9. The van der Waals surface area contributed by atoms with Gasteiger partial charge in [-0.25, -0.2) is 0 Å². The third-order valence-electron chi connectivity index (χ3n) is 3.67. The molecule has 0 saturated heterocycles. The van der Waals surface area contributed by atoms with Crippen LogP contribution in [-0.4, -0.2) is 23.2 Å². The van der Waals surface area contributed by atoms with E-state index < -0.39 is 5.91 Å². The maximum Gasteiger partial charge on any atom is 0.276 e. The minimum absolute atomic E-state index is 0.179. The molecule has 0 radical (unpaired) electrons. The summed E-state index contributed by atoms with van der Waals surface area (Å²) in [5, 5.41) is 19.9. The van der Waals surface area contributed by atoms with Gasteiger partial charge in [-0.15, -0.1) is 10.2 Å². The quantitative estimate of drug-likeness (QED) is 0.793. The SMILES string of the molecule is CN(c1ccccc1)c1ccc(C(=O)Nc2ccccc2C#N)nn1. The van der Waals surface area contributed by atoms with Gasteiger partial charge in [0.2, 0.25) is 0 Å². The summed E-state index contributed by atoms with van der Waals surface area (Å²) in [6.45, 7) is 0. The van der Waals surface area contributed by atoms with Gasteiger partial charge in [-0.3, -0.25) is 4.79 Å². The highest BCUT2D eigenvalue weighted by atomic mass is 16.1. The summed E-state index contributed by atoms with van der Waals surface area (Å²) >= 11 is 0.